The third-order valence-corrected chi connectivity index (χ3v) is 3.98. The summed E-state index contributed by atoms with van der Waals surface area (Å²) >= 11 is 0. The van der Waals surface area contributed by atoms with Gasteiger partial charge in [-0.05, 0) is 23.8 Å². The molecule has 1 aliphatic rings. The fourth-order valence-corrected chi connectivity index (χ4v) is 2.80. The van der Waals surface area contributed by atoms with Crippen molar-refractivity contribution in [3.8, 4) is 5.75 Å². The van der Waals surface area contributed by atoms with Crippen molar-refractivity contribution in [2.45, 2.75) is 6.54 Å². The summed E-state index contributed by atoms with van der Waals surface area (Å²) in [5.41, 5.74) is 2.37. The van der Waals surface area contributed by atoms with Crippen LogP contribution in [0.2, 0.25) is 0 Å². The first kappa shape index (κ1) is 19.1. The molecule has 0 aromatic heterocycles. The number of carbonyl (C=O) groups is 1. The topological polar surface area (TPSA) is 53.6 Å². The van der Waals surface area contributed by atoms with Crippen LogP contribution in [0.3, 0.4) is 0 Å². The predicted molar refractivity (Wildman–Crippen MR) is 103 cm³/mol. The zero-order valence-corrected chi connectivity index (χ0v) is 14.9. The van der Waals surface area contributed by atoms with Crippen LogP contribution < -0.4 is 20.3 Å². The fraction of sp³-hybridized carbons (Fsp3) is 0.316. The molecule has 2 aromatic rings. The summed E-state index contributed by atoms with van der Waals surface area (Å²) in [4.78, 5) is 14.3. The van der Waals surface area contributed by atoms with Crippen LogP contribution in [-0.2, 0) is 11.3 Å². The molecule has 6 heteroatoms. The Kier molecular flexibility index (Phi) is 7.57. The van der Waals surface area contributed by atoms with E-state index in [2.05, 4.69) is 27.7 Å². The number of anilines is 1. The highest BCUT2D eigenvalue weighted by Gasteiger charge is 2.16. The lowest BCUT2D eigenvalue weighted by atomic mass is 10.1. The average Bonchev–Trinajstić information content (AvgIpc) is 2.82. The highest BCUT2D eigenvalue weighted by Crippen LogP contribution is 2.21. The van der Waals surface area contributed by atoms with Gasteiger partial charge in [0.25, 0.3) is 0 Å². The number of rotatable bonds is 6. The van der Waals surface area contributed by atoms with Gasteiger partial charge in [0, 0.05) is 25.3 Å². The quantitative estimate of drug-likeness (QED) is 0.775. The van der Waals surface area contributed by atoms with E-state index < -0.39 is 0 Å². The van der Waals surface area contributed by atoms with Crippen LogP contribution in [0.25, 0.3) is 0 Å². The lowest BCUT2D eigenvalue weighted by Gasteiger charge is -2.23. The molecule has 2 N–H and O–H groups in total. The third kappa shape index (κ3) is 5.66. The van der Waals surface area contributed by atoms with Gasteiger partial charge in [0.05, 0.1) is 13.1 Å². The molecule has 0 saturated heterocycles. The molecule has 1 amide bonds. The molecular weight excluding hydrogens is 338 g/mol. The lowest BCUT2D eigenvalue weighted by Crippen LogP contribution is -2.40. The van der Waals surface area contributed by atoms with E-state index in [1.807, 2.05) is 42.5 Å². The number of fused-ring (bicyclic) bond motifs is 1. The second-order valence-corrected chi connectivity index (χ2v) is 5.74. The van der Waals surface area contributed by atoms with Gasteiger partial charge in [-0.1, -0.05) is 36.4 Å². The number of nitrogens with zero attached hydrogens (tertiary/aromatic N) is 1. The van der Waals surface area contributed by atoms with Crippen LogP contribution in [0.15, 0.2) is 54.6 Å². The monoisotopic (exact) mass is 361 g/mol. The third-order valence-electron chi connectivity index (χ3n) is 3.98. The van der Waals surface area contributed by atoms with Crippen LogP contribution in [-0.4, -0.2) is 38.7 Å². The Balaban J connectivity index is 0.00000225. The van der Waals surface area contributed by atoms with E-state index in [0.717, 1.165) is 31.1 Å². The molecule has 0 atom stereocenters. The first-order valence-electron chi connectivity index (χ1n) is 8.31. The van der Waals surface area contributed by atoms with Crippen molar-refractivity contribution in [1.29, 1.82) is 0 Å². The van der Waals surface area contributed by atoms with Crippen molar-refractivity contribution in [3.63, 3.8) is 0 Å². The van der Waals surface area contributed by atoms with Gasteiger partial charge in [-0.2, -0.15) is 0 Å². The summed E-state index contributed by atoms with van der Waals surface area (Å²) in [6, 6.07) is 17.8. The molecule has 0 fully saturated rings. The second kappa shape index (κ2) is 9.91. The Morgan fingerprint density at radius 3 is 2.72 bits per heavy atom. The molecule has 1 aliphatic heterocycles. The first-order chi connectivity index (χ1) is 11.8. The van der Waals surface area contributed by atoms with Gasteiger partial charge in [-0.3, -0.25) is 4.79 Å². The number of hydrogen-bond acceptors (Lipinski definition) is 4. The zero-order valence-electron chi connectivity index (χ0n) is 14.1. The Labute approximate surface area is 154 Å². The van der Waals surface area contributed by atoms with Crippen LogP contribution in [0.4, 0.5) is 5.69 Å². The summed E-state index contributed by atoms with van der Waals surface area (Å²) in [7, 11) is 0. The largest absolute Gasteiger partial charge is 0.492 e. The fourth-order valence-electron chi connectivity index (χ4n) is 2.80. The molecule has 2 aromatic carbocycles. The van der Waals surface area contributed by atoms with E-state index in [4.69, 9.17) is 4.74 Å². The van der Waals surface area contributed by atoms with Crippen LogP contribution in [0, 0.1) is 0 Å². The van der Waals surface area contributed by atoms with Gasteiger partial charge in [0.1, 0.15) is 12.4 Å². The molecule has 3 rings (SSSR count). The van der Waals surface area contributed by atoms with Crippen molar-refractivity contribution in [2.75, 3.05) is 37.7 Å². The normalized spacial score (nSPS) is 13.2. The minimum Gasteiger partial charge on any atom is -0.492 e. The molecule has 0 bridgehead atoms. The molecular formula is C19H24ClN3O2. The summed E-state index contributed by atoms with van der Waals surface area (Å²) in [5.74, 6) is 0.836. The maximum atomic E-state index is 12.2. The molecule has 0 spiro atoms. The van der Waals surface area contributed by atoms with E-state index in [9.17, 15) is 4.79 Å². The minimum absolute atomic E-state index is 0. The summed E-state index contributed by atoms with van der Waals surface area (Å²) < 4.78 is 5.58. The molecule has 0 aliphatic carbocycles. The smallest absolute Gasteiger partial charge is 0.239 e. The zero-order chi connectivity index (χ0) is 16.6. The van der Waals surface area contributed by atoms with Gasteiger partial charge < -0.3 is 20.3 Å². The highest BCUT2D eigenvalue weighted by molar-refractivity contribution is 5.85. The van der Waals surface area contributed by atoms with Crippen LogP contribution in [0.5, 0.6) is 5.75 Å². The minimum atomic E-state index is 0. The number of ether oxygens (including phenoxy) is 1. The Hall–Kier alpha value is -2.24. The van der Waals surface area contributed by atoms with Crippen molar-refractivity contribution in [1.82, 2.24) is 10.6 Å². The summed E-state index contributed by atoms with van der Waals surface area (Å²) in [6.07, 6.45) is 0. The average molecular weight is 362 g/mol. The standard InChI is InChI=1S/C19H23N3O2.ClH/c23-19(21-11-13-24-17-7-2-1-3-8-17)15-22-12-10-20-14-16-6-4-5-9-18(16)22;/h1-9,20H,10-15H2,(H,21,23);1H. The van der Waals surface area contributed by atoms with E-state index in [1.165, 1.54) is 5.56 Å². The molecule has 1 heterocycles. The lowest BCUT2D eigenvalue weighted by molar-refractivity contribution is -0.119. The number of hydrogen-bond donors (Lipinski definition) is 2. The van der Waals surface area contributed by atoms with Gasteiger partial charge in [0.15, 0.2) is 0 Å². The van der Waals surface area contributed by atoms with Gasteiger partial charge in [0.2, 0.25) is 5.91 Å². The summed E-state index contributed by atoms with van der Waals surface area (Å²) in [6.45, 7) is 3.88. The number of benzene rings is 2. The number of halogens is 1. The van der Waals surface area contributed by atoms with E-state index in [0.29, 0.717) is 19.7 Å². The molecule has 0 saturated carbocycles. The number of nitrogens with one attached hydrogen (secondary N) is 2. The maximum Gasteiger partial charge on any atom is 0.239 e. The van der Waals surface area contributed by atoms with E-state index in [1.54, 1.807) is 0 Å². The van der Waals surface area contributed by atoms with Gasteiger partial charge in [-0.15, -0.1) is 12.4 Å². The second-order valence-electron chi connectivity index (χ2n) is 5.74. The molecule has 5 nitrogen and oxygen atoms in total. The number of para-hydroxylation sites is 2. The van der Waals surface area contributed by atoms with Crippen LogP contribution >= 0.6 is 12.4 Å². The first-order valence-corrected chi connectivity index (χ1v) is 8.31. The molecule has 134 valence electrons. The van der Waals surface area contributed by atoms with Crippen molar-refractivity contribution in [2.24, 2.45) is 0 Å². The van der Waals surface area contributed by atoms with Crippen molar-refractivity contribution >= 4 is 24.0 Å². The SMILES string of the molecule is Cl.O=C(CN1CCNCc2ccccc21)NCCOc1ccccc1. The van der Waals surface area contributed by atoms with Crippen LogP contribution in [0.1, 0.15) is 5.56 Å². The Morgan fingerprint density at radius 1 is 1.12 bits per heavy atom. The van der Waals surface area contributed by atoms with Crippen molar-refractivity contribution < 1.29 is 9.53 Å². The Bertz CT molecular complexity index is 667. The van der Waals surface area contributed by atoms with Gasteiger partial charge >= 0.3 is 0 Å². The van der Waals surface area contributed by atoms with E-state index >= 15 is 0 Å². The molecule has 25 heavy (non-hydrogen) atoms. The van der Waals surface area contributed by atoms with Crippen molar-refractivity contribution in [3.05, 3.63) is 60.2 Å². The maximum absolute atomic E-state index is 12.2. The molecule has 0 unspecified atom stereocenters. The summed E-state index contributed by atoms with van der Waals surface area (Å²) in [5, 5.41) is 6.31. The highest BCUT2D eigenvalue weighted by atomic mass is 35.5. The Morgan fingerprint density at radius 2 is 1.88 bits per heavy atom. The number of amides is 1. The van der Waals surface area contributed by atoms with Gasteiger partial charge in [-0.25, -0.2) is 0 Å². The predicted octanol–water partition coefficient (Wildman–Crippen LogP) is 2.21. The number of carbonyl (C=O) groups excluding carboxylic acids is 1. The van der Waals surface area contributed by atoms with E-state index in [-0.39, 0.29) is 18.3 Å². The molecule has 0 radical (unpaired) electrons.